The van der Waals surface area contributed by atoms with Crippen molar-refractivity contribution in [3.8, 4) is 0 Å². The highest BCUT2D eigenvalue weighted by Crippen LogP contribution is 2.38. The summed E-state index contributed by atoms with van der Waals surface area (Å²) in [6.07, 6.45) is 1.98. The minimum absolute atomic E-state index is 0.0260. The number of cyclic esters (lactones) is 1. The van der Waals surface area contributed by atoms with Gasteiger partial charge >= 0.3 is 5.97 Å². The van der Waals surface area contributed by atoms with Gasteiger partial charge in [-0.2, -0.15) is 0 Å². The summed E-state index contributed by atoms with van der Waals surface area (Å²) in [6.45, 7) is 4.20. The van der Waals surface area contributed by atoms with Crippen LogP contribution in [0.5, 0.6) is 0 Å². The molecule has 1 aliphatic rings. The van der Waals surface area contributed by atoms with Gasteiger partial charge in [0.05, 0.1) is 5.92 Å². The number of rotatable bonds is 4. The molecule has 2 nitrogen and oxygen atoms in total. The Kier molecular flexibility index (Phi) is 3.28. The van der Waals surface area contributed by atoms with Crippen LogP contribution in [0.2, 0.25) is 0 Å². The molecule has 0 aromatic heterocycles. The van der Waals surface area contributed by atoms with Crippen LogP contribution in [-0.2, 0) is 9.53 Å². The van der Waals surface area contributed by atoms with E-state index in [0.29, 0.717) is 5.92 Å². The van der Waals surface area contributed by atoms with Crippen LogP contribution >= 0.6 is 0 Å². The molecule has 2 heteroatoms. The molecule has 0 aliphatic carbocycles. The molecule has 0 spiro atoms. The van der Waals surface area contributed by atoms with Gasteiger partial charge in [0, 0.05) is 5.92 Å². The third kappa shape index (κ3) is 1.84. The highest BCUT2D eigenvalue weighted by molar-refractivity contribution is 5.78. The molecule has 1 aliphatic heterocycles. The van der Waals surface area contributed by atoms with Crippen LogP contribution < -0.4 is 0 Å². The lowest BCUT2D eigenvalue weighted by Crippen LogP contribution is -2.48. The van der Waals surface area contributed by atoms with Crippen molar-refractivity contribution in [2.24, 2.45) is 5.92 Å². The van der Waals surface area contributed by atoms with Crippen molar-refractivity contribution < 1.29 is 9.53 Å². The van der Waals surface area contributed by atoms with Crippen LogP contribution in [0.15, 0.2) is 30.3 Å². The van der Waals surface area contributed by atoms with Crippen LogP contribution in [0, 0.1) is 5.92 Å². The molecule has 1 fully saturated rings. The van der Waals surface area contributed by atoms with E-state index >= 15 is 0 Å². The molecule has 0 unspecified atom stereocenters. The SMILES string of the molecule is CC[C@@H]1C(=O)O[C@@H]1[C@H](CC)c1ccccc1. The summed E-state index contributed by atoms with van der Waals surface area (Å²) in [7, 11) is 0. The van der Waals surface area contributed by atoms with E-state index in [-0.39, 0.29) is 18.0 Å². The van der Waals surface area contributed by atoms with E-state index in [1.54, 1.807) is 0 Å². The van der Waals surface area contributed by atoms with E-state index in [1.807, 2.05) is 18.2 Å². The van der Waals surface area contributed by atoms with E-state index < -0.39 is 0 Å². The predicted octanol–water partition coefficient (Wildman–Crippen LogP) is 3.13. The Labute approximate surface area is 96.6 Å². The summed E-state index contributed by atoms with van der Waals surface area (Å²) in [5.41, 5.74) is 1.28. The first kappa shape index (κ1) is 11.2. The van der Waals surface area contributed by atoms with E-state index in [0.717, 1.165) is 12.8 Å². The maximum atomic E-state index is 11.3. The van der Waals surface area contributed by atoms with Gasteiger partial charge in [0.25, 0.3) is 0 Å². The maximum absolute atomic E-state index is 11.3. The molecule has 1 heterocycles. The first-order valence-corrected chi connectivity index (χ1v) is 6.03. The van der Waals surface area contributed by atoms with Gasteiger partial charge in [-0.3, -0.25) is 4.79 Å². The average molecular weight is 218 g/mol. The summed E-state index contributed by atoms with van der Waals surface area (Å²) in [5, 5.41) is 0. The van der Waals surface area contributed by atoms with Crippen LogP contribution in [0.4, 0.5) is 0 Å². The number of carbonyl (C=O) groups excluding carboxylic acids is 1. The molecule has 1 aromatic carbocycles. The Bertz CT molecular complexity index is 358. The quantitative estimate of drug-likeness (QED) is 0.726. The van der Waals surface area contributed by atoms with Crippen LogP contribution in [0.1, 0.15) is 38.2 Å². The summed E-state index contributed by atoms with van der Waals surface area (Å²) in [5.74, 6) is 0.427. The van der Waals surface area contributed by atoms with Gasteiger partial charge in [-0.05, 0) is 18.4 Å². The van der Waals surface area contributed by atoms with Crippen molar-refractivity contribution in [1.29, 1.82) is 0 Å². The average Bonchev–Trinajstić information content (AvgIpc) is 2.31. The van der Waals surface area contributed by atoms with Crippen LogP contribution in [0.25, 0.3) is 0 Å². The molecule has 0 bridgehead atoms. The fourth-order valence-electron chi connectivity index (χ4n) is 2.48. The Balaban J connectivity index is 2.15. The molecule has 0 N–H and O–H groups in total. The molecule has 86 valence electrons. The highest BCUT2D eigenvalue weighted by Gasteiger charge is 2.45. The number of benzene rings is 1. The predicted molar refractivity (Wildman–Crippen MR) is 63.1 cm³/mol. The third-order valence-corrected chi connectivity index (χ3v) is 3.46. The zero-order valence-corrected chi connectivity index (χ0v) is 9.85. The minimum Gasteiger partial charge on any atom is -0.460 e. The smallest absolute Gasteiger partial charge is 0.313 e. The van der Waals surface area contributed by atoms with Gasteiger partial charge in [0.2, 0.25) is 0 Å². The summed E-state index contributed by atoms with van der Waals surface area (Å²) >= 11 is 0. The van der Waals surface area contributed by atoms with Crippen molar-refractivity contribution >= 4 is 5.97 Å². The molecule has 1 aromatic rings. The minimum atomic E-state index is -0.0260. The van der Waals surface area contributed by atoms with E-state index in [1.165, 1.54) is 5.56 Å². The van der Waals surface area contributed by atoms with Crippen molar-refractivity contribution in [3.05, 3.63) is 35.9 Å². The Morgan fingerprint density at radius 1 is 1.25 bits per heavy atom. The maximum Gasteiger partial charge on any atom is 0.313 e. The molecule has 0 radical (unpaired) electrons. The summed E-state index contributed by atoms with van der Waals surface area (Å²) in [4.78, 5) is 11.3. The number of hydrogen-bond donors (Lipinski definition) is 0. The van der Waals surface area contributed by atoms with Gasteiger partial charge in [0.15, 0.2) is 0 Å². The molecule has 0 amide bonds. The van der Waals surface area contributed by atoms with Crippen LogP contribution in [-0.4, -0.2) is 12.1 Å². The monoisotopic (exact) mass is 218 g/mol. The first-order chi connectivity index (χ1) is 7.77. The van der Waals surface area contributed by atoms with Gasteiger partial charge in [0.1, 0.15) is 6.10 Å². The highest BCUT2D eigenvalue weighted by atomic mass is 16.6. The lowest BCUT2D eigenvalue weighted by molar-refractivity contribution is -0.188. The first-order valence-electron chi connectivity index (χ1n) is 6.03. The second-order valence-corrected chi connectivity index (χ2v) is 4.34. The lowest BCUT2D eigenvalue weighted by Gasteiger charge is -2.39. The molecular formula is C14H18O2. The largest absolute Gasteiger partial charge is 0.460 e. The lowest BCUT2D eigenvalue weighted by atomic mass is 9.79. The van der Waals surface area contributed by atoms with Crippen molar-refractivity contribution in [2.45, 2.75) is 38.7 Å². The fourth-order valence-corrected chi connectivity index (χ4v) is 2.48. The van der Waals surface area contributed by atoms with Gasteiger partial charge in [-0.1, -0.05) is 44.2 Å². The normalized spacial score (nSPS) is 25.8. The van der Waals surface area contributed by atoms with E-state index in [2.05, 4.69) is 26.0 Å². The molecule has 1 saturated heterocycles. The number of ether oxygens (including phenoxy) is 1. The third-order valence-electron chi connectivity index (χ3n) is 3.46. The van der Waals surface area contributed by atoms with Gasteiger partial charge in [-0.25, -0.2) is 0 Å². The second-order valence-electron chi connectivity index (χ2n) is 4.34. The molecule has 3 atom stereocenters. The van der Waals surface area contributed by atoms with Gasteiger partial charge in [-0.15, -0.1) is 0 Å². The summed E-state index contributed by atoms with van der Waals surface area (Å²) in [6, 6.07) is 10.3. The zero-order valence-electron chi connectivity index (χ0n) is 9.85. The van der Waals surface area contributed by atoms with Crippen LogP contribution in [0.3, 0.4) is 0 Å². The van der Waals surface area contributed by atoms with Crippen molar-refractivity contribution in [2.75, 3.05) is 0 Å². The fraction of sp³-hybridized carbons (Fsp3) is 0.500. The number of esters is 1. The molecular weight excluding hydrogens is 200 g/mol. The van der Waals surface area contributed by atoms with Crippen molar-refractivity contribution in [1.82, 2.24) is 0 Å². The number of carbonyl (C=O) groups is 1. The van der Waals surface area contributed by atoms with Crippen molar-refractivity contribution in [3.63, 3.8) is 0 Å². The zero-order chi connectivity index (χ0) is 11.5. The van der Waals surface area contributed by atoms with E-state index in [9.17, 15) is 4.79 Å². The molecule has 0 saturated carbocycles. The topological polar surface area (TPSA) is 26.3 Å². The Morgan fingerprint density at radius 2 is 1.94 bits per heavy atom. The van der Waals surface area contributed by atoms with E-state index in [4.69, 9.17) is 4.74 Å². The van der Waals surface area contributed by atoms with Gasteiger partial charge < -0.3 is 4.74 Å². The molecule has 2 rings (SSSR count). The number of hydrogen-bond acceptors (Lipinski definition) is 2. The Hall–Kier alpha value is -1.31. The molecule has 16 heavy (non-hydrogen) atoms. The summed E-state index contributed by atoms with van der Waals surface area (Å²) < 4.78 is 5.31. The second kappa shape index (κ2) is 4.69. The standard InChI is InChI=1S/C14H18O2/c1-3-11(10-8-6-5-7-9-10)13-12(4-2)14(15)16-13/h5-9,11-13H,3-4H2,1-2H3/t11-,12+,13-/m1/s1. The Morgan fingerprint density at radius 3 is 2.44 bits per heavy atom.